The zero-order chi connectivity index (χ0) is 14.4. The molecule has 0 aromatic heterocycles. The van der Waals surface area contributed by atoms with E-state index in [2.05, 4.69) is 18.2 Å². The Bertz CT molecular complexity index is 448. The lowest BCUT2D eigenvalue weighted by atomic mass is 10.0. The molecule has 1 amide bonds. The number of carboxylic acids is 1. The lowest BCUT2D eigenvalue weighted by molar-refractivity contribution is -0.144. The number of carbonyl (C=O) groups is 2. The van der Waals surface area contributed by atoms with E-state index in [4.69, 9.17) is 5.11 Å². The highest BCUT2D eigenvalue weighted by Crippen LogP contribution is 2.11. The van der Waals surface area contributed by atoms with E-state index in [0.29, 0.717) is 19.4 Å². The summed E-state index contributed by atoms with van der Waals surface area (Å²) in [5.41, 5.74) is 3.48. The van der Waals surface area contributed by atoms with Gasteiger partial charge in [0.2, 0.25) is 5.91 Å². The van der Waals surface area contributed by atoms with Gasteiger partial charge in [-0.05, 0) is 32.8 Å². The third-order valence-electron chi connectivity index (χ3n) is 2.97. The van der Waals surface area contributed by atoms with Crippen LogP contribution in [0, 0.1) is 13.8 Å². The Morgan fingerprint density at radius 1 is 1.16 bits per heavy atom. The molecule has 0 aliphatic carbocycles. The normalized spacial score (nSPS) is 10.3. The summed E-state index contributed by atoms with van der Waals surface area (Å²) in [5, 5.41) is 8.73. The molecule has 1 rings (SSSR count). The molecule has 1 N–H and O–H groups in total. The molecule has 0 aliphatic rings. The molecule has 0 aliphatic heterocycles. The first kappa shape index (κ1) is 15.2. The number of benzene rings is 1. The van der Waals surface area contributed by atoms with Crippen LogP contribution < -0.4 is 0 Å². The second kappa shape index (κ2) is 6.92. The van der Waals surface area contributed by atoms with E-state index >= 15 is 0 Å². The average molecular weight is 263 g/mol. The van der Waals surface area contributed by atoms with Crippen LogP contribution in [0.2, 0.25) is 0 Å². The minimum absolute atomic E-state index is 0.107. The van der Waals surface area contributed by atoms with Crippen molar-refractivity contribution in [3.63, 3.8) is 0 Å². The van der Waals surface area contributed by atoms with Gasteiger partial charge in [0.05, 0.1) is 0 Å². The van der Waals surface area contributed by atoms with Gasteiger partial charge in [0.25, 0.3) is 0 Å². The van der Waals surface area contributed by atoms with Gasteiger partial charge >= 0.3 is 5.97 Å². The first-order valence-electron chi connectivity index (χ1n) is 6.49. The van der Waals surface area contributed by atoms with Gasteiger partial charge in [0.15, 0.2) is 0 Å². The number of carboxylic acid groups (broad SMARTS) is 1. The van der Waals surface area contributed by atoms with Crippen LogP contribution in [-0.2, 0) is 16.0 Å². The van der Waals surface area contributed by atoms with Crippen LogP contribution in [0.25, 0.3) is 0 Å². The minimum Gasteiger partial charge on any atom is -0.480 e. The first-order valence-corrected chi connectivity index (χ1v) is 6.49. The summed E-state index contributed by atoms with van der Waals surface area (Å²) >= 11 is 0. The predicted octanol–water partition coefficient (Wildman–Crippen LogP) is 2.17. The van der Waals surface area contributed by atoms with Gasteiger partial charge in [0, 0.05) is 13.0 Å². The van der Waals surface area contributed by atoms with Crippen LogP contribution in [0.4, 0.5) is 0 Å². The van der Waals surface area contributed by atoms with E-state index in [1.807, 2.05) is 13.8 Å². The van der Waals surface area contributed by atoms with Crippen LogP contribution in [0.15, 0.2) is 18.2 Å². The number of hydrogen-bond donors (Lipinski definition) is 1. The second-order valence-electron chi connectivity index (χ2n) is 4.80. The van der Waals surface area contributed by atoms with E-state index in [9.17, 15) is 9.59 Å². The molecule has 19 heavy (non-hydrogen) atoms. The van der Waals surface area contributed by atoms with Crippen molar-refractivity contribution >= 4 is 11.9 Å². The molecule has 0 radical (unpaired) electrons. The summed E-state index contributed by atoms with van der Waals surface area (Å²) < 4.78 is 0. The minimum atomic E-state index is -0.971. The number of rotatable bonds is 6. The number of aryl methyl sites for hydroxylation is 3. The van der Waals surface area contributed by atoms with E-state index < -0.39 is 5.97 Å². The Balaban J connectivity index is 2.59. The van der Waals surface area contributed by atoms with Gasteiger partial charge in [-0.25, -0.2) is 0 Å². The highest BCUT2D eigenvalue weighted by Gasteiger charge is 2.14. The highest BCUT2D eigenvalue weighted by atomic mass is 16.4. The first-order chi connectivity index (χ1) is 8.92. The smallest absolute Gasteiger partial charge is 0.323 e. The van der Waals surface area contributed by atoms with Gasteiger partial charge in [0.1, 0.15) is 6.54 Å². The van der Waals surface area contributed by atoms with Gasteiger partial charge in [-0.15, -0.1) is 0 Å². The van der Waals surface area contributed by atoms with E-state index in [1.54, 1.807) is 6.92 Å². The Morgan fingerprint density at radius 3 is 2.21 bits per heavy atom. The summed E-state index contributed by atoms with van der Waals surface area (Å²) in [4.78, 5) is 23.9. The maximum atomic E-state index is 11.9. The Hall–Kier alpha value is -1.84. The lowest BCUT2D eigenvalue weighted by Crippen LogP contribution is -2.35. The summed E-state index contributed by atoms with van der Waals surface area (Å²) in [6, 6.07) is 6.22. The molecule has 0 unspecified atom stereocenters. The summed E-state index contributed by atoms with van der Waals surface area (Å²) in [7, 11) is 0. The van der Waals surface area contributed by atoms with Crippen LogP contribution in [0.5, 0.6) is 0 Å². The second-order valence-corrected chi connectivity index (χ2v) is 4.80. The summed E-state index contributed by atoms with van der Waals surface area (Å²) in [5.74, 6) is -1.08. The van der Waals surface area contributed by atoms with Crippen LogP contribution in [-0.4, -0.2) is 35.0 Å². The summed E-state index contributed by atoms with van der Waals surface area (Å²) in [6.07, 6.45) is 1.00. The van der Waals surface area contributed by atoms with Crippen molar-refractivity contribution in [2.75, 3.05) is 13.1 Å². The van der Waals surface area contributed by atoms with Crippen molar-refractivity contribution in [1.29, 1.82) is 0 Å². The van der Waals surface area contributed by atoms with Crippen molar-refractivity contribution in [3.05, 3.63) is 34.9 Å². The van der Waals surface area contributed by atoms with Crippen molar-refractivity contribution in [3.8, 4) is 0 Å². The zero-order valence-corrected chi connectivity index (χ0v) is 11.8. The molecule has 0 bridgehead atoms. The number of amides is 1. The number of hydrogen-bond acceptors (Lipinski definition) is 2. The molecule has 0 spiro atoms. The van der Waals surface area contributed by atoms with Crippen LogP contribution in [0.3, 0.4) is 0 Å². The van der Waals surface area contributed by atoms with Gasteiger partial charge in [-0.3, -0.25) is 9.59 Å². The van der Waals surface area contributed by atoms with E-state index in [1.165, 1.54) is 16.0 Å². The summed E-state index contributed by atoms with van der Waals surface area (Å²) in [6.45, 7) is 6.06. The predicted molar refractivity (Wildman–Crippen MR) is 74.1 cm³/mol. The van der Waals surface area contributed by atoms with E-state index in [0.717, 1.165) is 5.56 Å². The van der Waals surface area contributed by atoms with Crippen LogP contribution >= 0.6 is 0 Å². The molecular weight excluding hydrogens is 242 g/mol. The third kappa shape index (κ3) is 5.12. The van der Waals surface area contributed by atoms with Crippen molar-refractivity contribution in [2.45, 2.75) is 33.6 Å². The molecule has 4 heteroatoms. The fourth-order valence-corrected chi connectivity index (χ4v) is 2.16. The quantitative estimate of drug-likeness (QED) is 0.855. The Kier molecular flexibility index (Phi) is 5.55. The molecule has 1 aromatic rings. The maximum Gasteiger partial charge on any atom is 0.323 e. The SMILES string of the molecule is CCN(CC(=O)O)C(=O)CCc1cc(C)cc(C)c1. The third-order valence-corrected chi connectivity index (χ3v) is 2.97. The largest absolute Gasteiger partial charge is 0.480 e. The topological polar surface area (TPSA) is 57.6 Å². The molecular formula is C15H21NO3. The van der Waals surface area contributed by atoms with Gasteiger partial charge in [-0.2, -0.15) is 0 Å². The van der Waals surface area contributed by atoms with Gasteiger partial charge in [-0.1, -0.05) is 29.3 Å². The van der Waals surface area contributed by atoms with Gasteiger partial charge < -0.3 is 10.0 Å². The fourth-order valence-electron chi connectivity index (χ4n) is 2.16. The molecule has 104 valence electrons. The number of aliphatic carboxylic acids is 1. The van der Waals surface area contributed by atoms with Crippen molar-refractivity contribution < 1.29 is 14.7 Å². The molecule has 0 heterocycles. The molecule has 0 atom stereocenters. The molecule has 4 nitrogen and oxygen atoms in total. The zero-order valence-electron chi connectivity index (χ0n) is 11.8. The number of likely N-dealkylation sites (N-methyl/N-ethyl adjacent to an activating group) is 1. The number of nitrogens with zero attached hydrogens (tertiary/aromatic N) is 1. The standard InChI is InChI=1S/C15H21NO3/c1-4-16(10-15(18)19)14(17)6-5-13-8-11(2)7-12(3)9-13/h7-9H,4-6,10H2,1-3H3,(H,18,19). The molecule has 0 saturated carbocycles. The monoisotopic (exact) mass is 263 g/mol. The Labute approximate surface area is 114 Å². The number of carbonyl (C=O) groups excluding carboxylic acids is 1. The van der Waals surface area contributed by atoms with Crippen molar-refractivity contribution in [2.24, 2.45) is 0 Å². The highest BCUT2D eigenvalue weighted by molar-refractivity contribution is 5.81. The fraction of sp³-hybridized carbons (Fsp3) is 0.467. The molecule has 0 saturated heterocycles. The van der Waals surface area contributed by atoms with Crippen molar-refractivity contribution in [1.82, 2.24) is 4.90 Å². The van der Waals surface area contributed by atoms with Crippen LogP contribution in [0.1, 0.15) is 30.0 Å². The lowest BCUT2D eigenvalue weighted by Gasteiger charge is -2.18. The Morgan fingerprint density at radius 2 is 1.74 bits per heavy atom. The average Bonchev–Trinajstić information content (AvgIpc) is 2.31. The molecule has 0 fully saturated rings. The van der Waals surface area contributed by atoms with E-state index in [-0.39, 0.29) is 12.5 Å². The molecule has 1 aromatic carbocycles. The maximum absolute atomic E-state index is 11.9.